The summed E-state index contributed by atoms with van der Waals surface area (Å²) in [7, 11) is 1.52. The van der Waals surface area contributed by atoms with Crippen LogP contribution in [0.25, 0.3) is 10.8 Å². The minimum atomic E-state index is -1.05. The van der Waals surface area contributed by atoms with Crippen LogP contribution < -0.4 is 9.47 Å². The Morgan fingerprint density at radius 2 is 1.50 bits per heavy atom. The van der Waals surface area contributed by atoms with Crippen LogP contribution in [0, 0.1) is 0 Å². The lowest BCUT2D eigenvalue weighted by Crippen LogP contribution is -2.54. The standard InChI is InChI=1S/C23H26O9/c1-13(24)28-12-22-20(29-14(2)25)11-21(30-15(3)26)23(32-22)31-19-10-17-8-6-5-7-16(17)9-18(19)27-4/h5-10,20-23H,11-12H2,1-4H3/t20-,21?,22?,23+/m0/s1. The van der Waals surface area contributed by atoms with E-state index in [9.17, 15) is 14.4 Å². The Balaban J connectivity index is 1.90. The summed E-state index contributed by atoms with van der Waals surface area (Å²) in [6.45, 7) is 3.62. The number of esters is 3. The van der Waals surface area contributed by atoms with E-state index >= 15 is 0 Å². The van der Waals surface area contributed by atoms with Gasteiger partial charge in [-0.25, -0.2) is 0 Å². The van der Waals surface area contributed by atoms with Crippen molar-refractivity contribution in [2.24, 2.45) is 0 Å². The molecule has 0 aliphatic carbocycles. The molecule has 0 saturated carbocycles. The summed E-state index contributed by atoms with van der Waals surface area (Å²) in [4.78, 5) is 34.6. The lowest BCUT2D eigenvalue weighted by Gasteiger charge is -2.39. The van der Waals surface area contributed by atoms with E-state index in [0.717, 1.165) is 10.8 Å². The van der Waals surface area contributed by atoms with Crippen LogP contribution in [-0.4, -0.2) is 56.2 Å². The SMILES string of the molecule is COc1cc2ccccc2cc1O[C@@H]1OC(COC(C)=O)[C@@H](OC(C)=O)CC1OC(C)=O. The predicted molar refractivity (Wildman–Crippen MR) is 112 cm³/mol. The Bertz CT molecular complexity index is 987. The van der Waals surface area contributed by atoms with Gasteiger partial charge in [0, 0.05) is 27.2 Å². The van der Waals surface area contributed by atoms with Gasteiger partial charge in [-0.15, -0.1) is 0 Å². The van der Waals surface area contributed by atoms with Crippen LogP contribution in [0.15, 0.2) is 36.4 Å². The van der Waals surface area contributed by atoms with Crippen LogP contribution in [0.1, 0.15) is 27.2 Å². The van der Waals surface area contributed by atoms with Crippen molar-refractivity contribution in [3.8, 4) is 11.5 Å². The number of hydrogen-bond acceptors (Lipinski definition) is 9. The molecule has 9 heteroatoms. The van der Waals surface area contributed by atoms with Crippen molar-refractivity contribution in [3.05, 3.63) is 36.4 Å². The quantitative estimate of drug-likeness (QED) is 0.469. The highest BCUT2D eigenvalue weighted by Crippen LogP contribution is 2.36. The molecule has 0 amide bonds. The summed E-state index contributed by atoms with van der Waals surface area (Å²) in [6.07, 6.45) is -3.44. The van der Waals surface area contributed by atoms with Crippen molar-refractivity contribution in [1.82, 2.24) is 0 Å². The third-order valence-electron chi connectivity index (χ3n) is 4.85. The molecule has 3 rings (SSSR count). The number of carbonyl (C=O) groups is 3. The molecule has 0 spiro atoms. The maximum atomic E-state index is 11.7. The van der Waals surface area contributed by atoms with E-state index in [1.807, 2.05) is 30.3 Å². The van der Waals surface area contributed by atoms with Crippen molar-refractivity contribution in [2.75, 3.05) is 13.7 Å². The van der Waals surface area contributed by atoms with Crippen molar-refractivity contribution in [1.29, 1.82) is 0 Å². The van der Waals surface area contributed by atoms with Crippen molar-refractivity contribution in [2.45, 2.75) is 51.8 Å². The number of carbonyl (C=O) groups excluding carboxylic acids is 3. The summed E-state index contributed by atoms with van der Waals surface area (Å²) >= 11 is 0. The van der Waals surface area contributed by atoms with Crippen molar-refractivity contribution >= 4 is 28.7 Å². The van der Waals surface area contributed by atoms with Gasteiger partial charge in [-0.2, -0.15) is 0 Å². The molecule has 0 radical (unpaired) electrons. The highest BCUT2D eigenvalue weighted by atomic mass is 16.7. The van der Waals surface area contributed by atoms with Crippen LogP contribution in [0.4, 0.5) is 0 Å². The average Bonchev–Trinajstić information content (AvgIpc) is 2.73. The third-order valence-corrected chi connectivity index (χ3v) is 4.85. The van der Waals surface area contributed by atoms with Gasteiger partial charge in [0.05, 0.1) is 7.11 Å². The number of ether oxygens (including phenoxy) is 6. The number of rotatable bonds is 7. The van der Waals surface area contributed by atoms with E-state index in [4.69, 9.17) is 28.4 Å². The molecule has 32 heavy (non-hydrogen) atoms. The van der Waals surface area contributed by atoms with Gasteiger partial charge in [0.15, 0.2) is 17.6 Å². The molecule has 1 aliphatic rings. The average molecular weight is 446 g/mol. The van der Waals surface area contributed by atoms with Gasteiger partial charge in [0.25, 0.3) is 0 Å². The first kappa shape index (κ1) is 23.3. The second-order valence-corrected chi connectivity index (χ2v) is 7.35. The van der Waals surface area contributed by atoms with Crippen molar-refractivity contribution < 1.29 is 42.8 Å². The summed E-state index contributed by atoms with van der Waals surface area (Å²) in [5.74, 6) is -0.745. The van der Waals surface area contributed by atoms with E-state index < -0.39 is 42.5 Å². The number of benzene rings is 2. The largest absolute Gasteiger partial charge is 0.493 e. The molecule has 2 aromatic rings. The second kappa shape index (κ2) is 10.3. The fourth-order valence-corrected chi connectivity index (χ4v) is 3.52. The molecular weight excluding hydrogens is 420 g/mol. The fraction of sp³-hybridized carbons (Fsp3) is 0.435. The molecule has 2 aromatic carbocycles. The zero-order valence-corrected chi connectivity index (χ0v) is 18.4. The van der Waals surface area contributed by atoms with Crippen LogP contribution in [0.3, 0.4) is 0 Å². The lowest BCUT2D eigenvalue weighted by molar-refractivity contribution is -0.253. The Kier molecular flexibility index (Phi) is 7.53. The molecular formula is C23H26O9. The fourth-order valence-electron chi connectivity index (χ4n) is 3.52. The van der Waals surface area contributed by atoms with Crippen LogP contribution in [0.5, 0.6) is 11.5 Å². The van der Waals surface area contributed by atoms with E-state index in [2.05, 4.69) is 0 Å². The van der Waals surface area contributed by atoms with E-state index in [0.29, 0.717) is 11.5 Å². The van der Waals surface area contributed by atoms with Crippen LogP contribution in [-0.2, 0) is 33.3 Å². The molecule has 1 heterocycles. The Morgan fingerprint density at radius 1 is 0.906 bits per heavy atom. The number of hydrogen-bond donors (Lipinski definition) is 0. The van der Waals surface area contributed by atoms with Gasteiger partial charge in [-0.05, 0) is 22.9 Å². The predicted octanol–water partition coefficient (Wildman–Crippen LogP) is 2.77. The number of methoxy groups -OCH3 is 1. The summed E-state index contributed by atoms with van der Waals surface area (Å²) in [5, 5.41) is 1.87. The first-order valence-electron chi connectivity index (χ1n) is 10.1. The zero-order chi connectivity index (χ0) is 23.3. The third kappa shape index (κ3) is 5.88. The van der Waals surface area contributed by atoms with Gasteiger partial charge in [-0.1, -0.05) is 24.3 Å². The molecule has 0 bridgehead atoms. The second-order valence-electron chi connectivity index (χ2n) is 7.35. The normalized spacial score (nSPS) is 22.6. The van der Waals surface area contributed by atoms with Gasteiger partial charge in [0.2, 0.25) is 6.29 Å². The van der Waals surface area contributed by atoms with Gasteiger partial charge < -0.3 is 28.4 Å². The van der Waals surface area contributed by atoms with Gasteiger partial charge in [-0.3, -0.25) is 14.4 Å². The molecule has 9 nitrogen and oxygen atoms in total. The van der Waals surface area contributed by atoms with E-state index in [-0.39, 0.29) is 13.0 Å². The summed E-state index contributed by atoms with van der Waals surface area (Å²) < 4.78 is 33.3. The minimum Gasteiger partial charge on any atom is -0.493 e. The maximum Gasteiger partial charge on any atom is 0.303 e. The molecule has 0 N–H and O–H groups in total. The summed E-state index contributed by atoms with van der Waals surface area (Å²) in [6, 6.07) is 11.3. The first-order chi connectivity index (χ1) is 15.3. The molecule has 1 fully saturated rings. The molecule has 172 valence electrons. The topological polar surface area (TPSA) is 107 Å². The molecule has 0 aromatic heterocycles. The van der Waals surface area contributed by atoms with Crippen LogP contribution >= 0.6 is 0 Å². The monoisotopic (exact) mass is 446 g/mol. The minimum absolute atomic E-state index is 0.103. The lowest BCUT2D eigenvalue weighted by atomic mass is 10.0. The van der Waals surface area contributed by atoms with Gasteiger partial charge in [0.1, 0.15) is 18.8 Å². The Morgan fingerprint density at radius 3 is 2.06 bits per heavy atom. The van der Waals surface area contributed by atoms with E-state index in [1.54, 1.807) is 6.07 Å². The van der Waals surface area contributed by atoms with Gasteiger partial charge >= 0.3 is 17.9 Å². The Hall–Kier alpha value is -3.33. The molecule has 1 saturated heterocycles. The maximum absolute atomic E-state index is 11.7. The highest BCUT2D eigenvalue weighted by molar-refractivity contribution is 5.86. The Labute approximate surface area is 185 Å². The summed E-state index contributed by atoms with van der Waals surface area (Å²) in [5.41, 5.74) is 0. The molecule has 1 aliphatic heterocycles. The van der Waals surface area contributed by atoms with E-state index in [1.165, 1.54) is 27.9 Å². The highest BCUT2D eigenvalue weighted by Gasteiger charge is 2.44. The first-order valence-corrected chi connectivity index (χ1v) is 10.1. The molecule has 4 atom stereocenters. The van der Waals surface area contributed by atoms with Crippen LogP contribution in [0.2, 0.25) is 0 Å². The molecule has 2 unspecified atom stereocenters. The number of fused-ring (bicyclic) bond motifs is 1. The smallest absolute Gasteiger partial charge is 0.303 e. The zero-order valence-electron chi connectivity index (χ0n) is 18.4. The van der Waals surface area contributed by atoms with Crippen molar-refractivity contribution in [3.63, 3.8) is 0 Å².